The summed E-state index contributed by atoms with van der Waals surface area (Å²) in [5, 5.41) is 0.901. The molecule has 0 amide bonds. The molecule has 15 heavy (non-hydrogen) atoms. The van der Waals surface area contributed by atoms with Crippen molar-refractivity contribution in [3.63, 3.8) is 0 Å². The Balaban J connectivity index is 2.59. The van der Waals surface area contributed by atoms with E-state index in [1.54, 1.807) is 24.4 Å². The van der Waals surface area contributed by atoms with Crippen molar-refractivity contribution in [1.82, 2.24) is 15.0 Å². The largest absolute Gasteiger partial charge is 0.251 e. The minimum absolute atomic E-state index is 0.388. The average Bonchev–Trinajstić information content (AvgIpc) is 2.16. The van der Waals surface area contributed by atoms with E-state index >= 15 is 0 Å². The second kappa shape index (κ2) is 4.13. The Morgan fingerprint density at radius 2 is 2.00 bits per heavy atom. The normalized spacial score (nSPS) is 10.3. The van der Waals surface area contributed by atoms with Crippen LogP contribution in [-0.4, -0.2) is 15.0 Å². The first-order valence-corrected chi connectivity index (χ1v) is 5.04. The van der Waals surface area contributed by atoms with E-state index in [4.69, 9.17) is 23.2 Å². The molecule has 0 unspecified atom stereocenters. The van der Waals surface area contributed by atoms with Gasteiger partial charge in [0.1, 0.15) is 10.8 Å². The lowest BCUT2D eigenvalue weighted by atomic mass is 10.3. The fraction of sp³-hybridized carbons (Fsp3) is 0.100. The summed E-state index contributed by atoms with van der Waals surface area (Å²) in [5.41, 5.74) is 1.33. The third-order valence-corrected chi connectivity index (χ3v) is 2.29. The van der Waals surface area contributed by atoms with Gasteiger partial charge in [-0.15, -0.1) is 0 Å². The summed E-state index contributed by atoms with van der Waals surface area (Å²) >= 11 is 11.8. The van der Waals surface area contributed by atoms with E-state index in [0.717, 1.165) is 5.69 Å². The third-order valence-electron chi connectivity index (χ3n) is 1.79. The molecule has 0 radical (unpaired) electrons. The lowest BCUT2D eigenvalue weighted by Crippen LogP contribution is -1.94. The van der Waals surface area contributed by atoms with Crippen molar-refractivity contribution in [2.45, 2.75) is 6.92 Å². The van der Waals surface area contributed by atoms with Crippen molar-refractivity contribution in [3.05, 3.63) is 40.3 Å². The van der Waals surface area contributed by atoms with Gasteiger partial charge in [0, 0.05) is 11.9 Å². The van der Waals surface area contributed by atoms with Crippen molar-refractivity contribution in [2.24, 2.45) is 0 Å². The minimum atomic E-state index is 0.388. The van der Waals surface area contributed by atoms with E-state index in [1.807, 2.05) is 6.92 Å². The lowest BCUT2D eigenvalue weighted by molar-refractivity contribution is 1.09. The van der Waals surface area contributed by atoms with Gasteiger partial charge in [-0.05, 0) is 25.1 Å². The predicted molar refractivity (Wildman–Crippen MR) is 60.0 cm³/mol. The van der Waals surface area contributed by atoms with E-state index in [0.29, 0.717) is 21.7 Å². The van der Waals surface area contributed by atoms with Gasteiger partial charge >= 0.3 is 0 Å². The quantitative estimate of drug-likeness (QED) is 0.718. The molecule has 76 valence electrons. The Bertz CT molecular complexity index is 480. The van der Waals surface area contributed by atoms with E-state index in [-0.39, 0.29) is 0 Å². The lowest BCUT2D eigenvalue weighted by Gasteiger charge is -2.02. The van der Waals surface area contributed by atoms with Crippen LogP contribution in [0.3, 0.4) is 0 Å². The van der Waals surface area contributed by atoms with Crippen LogP contribution in [0.1, 0.15) is 5.69 Å². The summed E-state index contributed by atoms with van der Waals surface area (Å²) in [6, 6.07) is 5.18. The van der Waals surface area contributed by atoms with Crippen molar-refractivity contribution < 1.29 is 0 Å². The topological polar surface area (TPSA) is 38.7 Å². The van der Waals surface area contributed by atoms with Crippen LogP contribution in [0, 0.1) is 6.92 Å². The molecule has 2 aromatic heterocycles. The van der Waals surface area contributed by atoms with Crippen LogP contribution in [-0.2, 0) is 0 Å². The third kappa shape index (κ3) is 2.25. The zero-order valence-electron chi connectivity index (χ0n) is 7.91. The monoisotopic (exact) mass is 239 g/mol. The highest BCUT2D eigenvalue weighted by Crippen LogP contribution is 2.23. The molecule has 0 bridgehead atoms. The molecule has 0 aromatic carbocycles. The highest BCUT2D eigenvalue weighted by atomic mass is 35.5. The van der Waals surface area contributed by atoms with Crippen molar-refractivity contribution in [3.8, 4) is 11.5 Å². The van der Waals surface area contributed by atoms with Crippen LogP contribution in [0.2, 0.25) is 10.2 Å². The first kappa shape index (κ1) is 10.3. The number of aryl methyl sites for hydroxylation is 1. The highest BCUT2D eigenvalue weighted by Gasteiger charge is 2.08. The number of aromatic nitrogens is 3. The molecular formula is C10H7Cl2N3. The molecule has 0 spiro atoms. The number of hydrogen-bond donors (Lipinski definition) is 0. The van der Waals surface area contributed by atoms with E-state index in [1.165, 1.54) is 0 Å². The fourth-order valence-corrected chi connectivity index (χ4v) is 1.63. The Labute approximate surface area is 97.1 Å². The molecule has 2 heterocycles. The highest BCUT2D eigenvalue weighted by molar-refractivity contribution is 6.33. The Morgan fingerprint density at radius 1 is 1.20 bits per heavy atom. The van der Waals surface area contributed by atoms with Crippen LogP contribution in [0.5, 0.6) is 0 Å². The van der Waals surface area contributed by atoms with Crippen LogP contribution in [0.4, 0.5) is 0 Å². The maximum absolute atomic E-state index is 5.98. The molecule has 0 fully saturated rings. The van der Waals surface area contributed by atoms with Crippen molar-refractivity contribution in [2.75, 3.05) is 0 Å². The standard InChI is InChI=1S/C10H7Cl2N3/c1-6-5-8(12)15-10(14-6)9-7(11)3-2-4-13-9/h2-5H,1H3. The number of rotatable bonds is 1. The Morgan fingerprint density at radius 3 is 2.67 bits per heavy atom. The maximum atomic E-state index is 5.98. The number of pyridine rings is 1. The van der Waals surface area contributed by atoms with E-state index in [2.05, 4.69) is 15.0 Å². The van der Waals surface area contributed by atoms with Crippen LogP contribution < -0.4 is 0 Å². The van der Waals surface area contributed by atoms with Gasteiger partial charge in [-0.2, -0.15) is 0 Å². The van der Waals surface area contributed by atoms with Gasteiger partial charge in [-0.3, -0.25) is 4.98 Å². The van der Waals surface area contributed by atoms with Gasteiger partial charge < -0.3 is 0 Å². The molecule has 0 saturated heterocycles. The maximum Gasteiger partial charge on any atom is 0.181 e. The molecule has 5 heteroatoms. The molecule has 0 aliphatic rings. The molecule has 0 aliphatic carbocycles. The summed E-state index contributed by atoms with van der Waals surface area (Å²) in [6.45, 7) is 1.84. The summed E-state index contributed by atoms with van der Waals surface area (Å²) in [5.74, 6) is 0.450. The molecule has 0 N–H and O–H groups in total. The van der Waals surface area contributed by atoms with Gasteiger partial charge in [-0.25, -0.2) is 9.97 Å². The fourth-order valence-electron chi connectivity index (χ4n) is 1.19. The predicted octanol–water partition coefficient (Wildman–Crippen LogP) is 3.15. The van der Waals surface area contributed by atoms with Crippen LogP contribution in [0.15, 0.2) is 24.4 Å². The first-order valence-electron chi connectivity index (χ1n) is 4.29. The molecular weight excluding hydrogens is 233 g/mol. The zero-order chi connectivity index (χ0) is 10.8. The first-order chi connectivity index (χ1) is 7.16. The number of nitrogens with zero attached hydrogens (tertiary/aromatic N) is 3. The summed E-state index contributed by atoms with van der Waals surface area (Å²) < 4.78 is 0. The van der Waals surface area contributed by atoms with Gasteiger partial charge in [0.25, 0.3) is 0 Å². The average molecular weight is 240 g/mol. The number of halogens is 2. The molecule has 0 atom stereocenters. The smallest absolute Gasteiger partial charge is 0.181 e. The molecule has 0 aliphatic heterocycles. The second-order valence-corrected chi connectivity index (χ2v) is 3.78. The molecule has 2 rings (SSSR count). The van der Waals surface area contributed by atoms with E-state index in [9.17, 15) is 0 Å². The summed E-state index contributed by atoms with van der Waals surface area (Å²) in [7, 11) is 0. The molecule has 3 nitrogen and oxygen atoms in total. The van der Waals surface area contributed by atoms with Gasteiger partial charge in [0.05, 0.1) is 5.02 Å². The van der Waals surface area contributed by atoms with Gasteiger partial charge in [0.15, 0.2) is 5.82 Å². The van der Waals surface area contributed by atoms with Crippen molar-refractivity contribution >= 4 is 23.2 Å². The van der Waals surface area contributed by atoms with Crippen LogP contribution >= 0.6 is 23.2 Å². The summed E-state index contributed by atoms with van der Waals surface area (Å²) in [6.07, 6.45) is 1.64. The van der Waals surface area contributed by atoms with Crippen molar-refractivity contribution in [1.29, 1.82) is 0 Å². The summed E-state index contributed by atoms with van der Waals surface area (Å²) in [4.78, 5) is 12.4. The Kier molecular flexibility index (Phi) is 2.84. The van der Waals surface area contributed by atoms with Gasteiger partial charge in [-0.1, -0.05) is 23.2 Å². The molecule has 2 aromatic rings. The van der Waals surface area contributed by atoms with E-state index < -0.39 is 0 Å². The number of hydrogen-bond acceptors (Lipinski definition) is 3. The zero-order valence-corrected chi connectivity index (χ0v) is 9.42. The SMILES string of the molecule is Cc1cc(Cl)nc(-c2ncccc2Cl)n1. The second-order valence-electron chi connectivity index (χ2n) is 2.99. The molecule has 0 saturated carbocycles. The van der Waals surface area contributed by atoms with Gasteiger partial charge in [0.2, 0.25) is 0 Å². The minimum Gasteiger partial charge on any atom is -0.251 e. The van der Waals surface area contributed by atoms with Crippen LogP contribution in [0.25, 0.3) is 11.5 Å². The Hall–Kier alpha value is -1.19.